The van der Waals surface area contributed by atoms with Gasteiger partial charge in [-0.3, -0.25) is 14.4 Å². The lowest BCUT2D eigenvalue weighted by molar-refractivity contribution is -0.233. The normalized spacial score (nSPS) is 48.1. The summed E-state index contributed by atoms with van der Waals surface area (Å²) in [5.74, 6) is -3.99. The quantitative estimate of drug-likeness (QED) is 0.234. The second-order valence-corrected chi connectivity index (χ2v) is 11.2. The third kappa shape index (κ3) is 4.06. The van der Waals surface area contributed by atoms with Crippen LogP contribution in [0.2, 0.25) is 0 Å². The van der Waals surface area contributed by atoms with Gasteiger partial charge < -0.3 is 33.9 Å². The number of hydrogen-bond donors (Lipinski definition) is 2. The number of esters is 4. The second-order valence-electron chi connectivity index (χ2n) is 11.2. The topological polar surface area (TPSA) is 158 Å². The molecule has 2 saturated heterocycles. The number of carbonyl (C=O) groups is 4. The molecule has 0 amide bonds. The van der Waals surface area contributed by atoms with Gasteiger partial charge in [-0.2, -0.15) is 0 Å². The molecule has 1 saturated carbocycles. The maximum absolute atomic E-state index is 13.0. The van der Waals surface area contributed by atoms with Crippen LogP contribution < -0.4 is 0 Å². The summed E-state index contributed by atoms with van der Waals surface area (Å²) in [5.41, 5.74) is -3.79. The predicted octanol–water partition coefficient (Wildman–Crippen LogP) is 0.969. The van der Waals surface area contributed by atoms with Crippen molar-refractivity contribution in [3.8, 4) is 0 Å². The fraction of sp³-hybridized carbons (Fsp3) is 0.769. The molecule has 0 aromatic carbocycles. The maximum Gasteiger partial charge on any atom is 0.342 e. The zero-order valence-corrected chi connectivity index (χ0v) is 22.2. The molecule has 0 unspecified atom stereocenters. The molecule has 4 rings (SSSR count). The van der Waals surface area contributed by atoms with E-state index in [4.69, 9.17) is 23.7 Å². The van der Waals surface area contributed by atoms with Crippen LogP contribution in [-0.2, 0) is 42.9 Å². The van der Waals surface area contributed by atoms with Gasteiger partial charge in [-0.1, -0.05) is 13.8 Å². The van der Waals surface area contributed by atoms with Crippen molar-refractivity contribution in [1.82, 2.24) is 0 Å². The molecule has 0 bridgehead atoms. The standard InChI is InChI=1S/C26H36O11/c1-11-8-20-26(25(7,37-26)23(32)36-20)22(35-15(5)29)21-12(2)17(31)10-19(34-14(4)28)24(21,6)18(9-16(11)30)33-13(3)27/h8,12,16-22,30-31H,9-10H2,1-7H3/b11-8-/t12-,16+,17-,18-,19-,20-,21+,22-,24-,25-,26-/m0/s1. The van der Waals surface area contributed by atoms with Crippen LogP contribution in [0.3, 0.4) is 0 Å². The number of aliphatic hydroxyl groups excluding tert-OH is 2. The van der Waals surface area contributed by atoms with E-state index in [0.29, 0.717) is 5.57 Å². The minimum absolute atomic E-state index is 0.0210. The van der Waals surface area contributed by atoms with Gasteiger partial charge in [-0.15, -0.1) is 0 Å². The third-order valence-corrected chi connectivity index (χ3v) is 8.89. The van der Waals surface area contributed by atoms with Crippen LogP contribution >= 0.6 is 0 Å². The minimum Gasteiger partial charge on any atom is -0.462 e. The number of carbonyl (C=O) groups excluding carboxylic acids is 4. The summed E-state index contributed by atoms with van der Waals surface area (Å²) in [6, 6.07) is 0. The van der Waals surface area contributed by atoms with Crippen molar-refractivity contribution in [1.29, 1.82) is 0 Å². The average Bonchev–Trinajstić information content (AvgIpc) is 3.36. The van der Waals surface area contributed by atoms with Crippen molar-refractivity contribution >= 4 is 23.9 Å². The SMILES string of the molecule is CC(=O)O[C@H]1C[C@@H](O)/C(C)=C\[C@@H]2OC(=O)[C@]3(C)O[C@]23[C@@H](OC(C)=O)[C@H]2[C@@H](C)[C@@H](O)C[C@H](OC(C)=O)[C@@]21C. The van der Waals surface area contributed by atoms with Gasteiger partial charge in [0.15, 0.2) is 17.3 Å². The Morgan fingerprint density at radius 2 is 1.51 bits per heavy atom. The first-order valence-electron chi connectivity index (χ1n) is 12.6. The summed E-state index contributed by atoms with van der Waals surface area (Å²) < 4.78 is 29.2. The Bertz CT molecular complexity index is 1040. The summed E-state index contributed by atoms with van der Waals surface area (Å²) in [7, 11) is 0. The number of ether oxygens (including phenoxy) is 5. The maximum atomic E-state index is 13.0. The molecule has 37 heavy (non-hydrogen) atoms. The Kier molecular flexibility index (Phi) is 6.74. The van der Waals surface area contributed by atoms with Gasteiger partial charge in [0.2, 0.25) is 0 Å². The molecule has 11 heteroatoms. The van der Waals surface area contributed by atoms with E-state index in [1.165, 1.54) is 20.8 Å². The fourth-order valence-corrected chi connectivity index (χ4v) is 6.89. The Labute approximate surface area is 215 Å². The Hall–Kier alpha value is -2.50. The van der Waals surface area contributed by atoms with E-state index in [0.717, 1.165) is 0 Å². The molecule has 11 nitrogen and oxygen atoms in total. The fourth-order valence-electron chi connectivity index (χ4n) is 6.89. The minimum atomic E-state index is -1.48. The molecule has 1 spiro atoms. The van der Waals surface area contributed by atoms with E-state index in [2.05, 4.69) is 0 Å². The zero-order chi connectivity index (χ0) is 27.7. The first kappa shape index (κ1) is 27.5. The molecule has 3 fully saturated rings. The molecular weight excluding hydrogens is 488 g/mol. The van der Waals surface area contributed by atoms with E-state index in [9.17, 15) is 29.4 Å². The van der Waals surface area contributed by atoms with Crippen LogP contribution in [0.15, 0.2) is 11.6 Å². The number of fused-ring (bicyclic) bond motifs is 1. The van der Waals surface area contributed by atoms with Crippen molar-refractivity contribution in [2.45, 2.75) is 109 Å². The molecule has 2 aliphatic carbocycles. The lowest BCUT2D eigenvalue weighted by atomic mass is 9.53. The molecule has 2 aliphatic heterocycles. The molecule has 2 N–H and O–H groups in total. The number of epoxide rings is 1. The molecular formula is C26H36O11. The van der Waals surface area contributed by atoms with Gasteiger partial charge in [-0.25, -0.2) is 4.79 Å². The summed E-state index contributed by atoms with van der Waals surface area (Å²) >= 11 is 0. The number of rotatable bonds is 3. The third-order valence-electron chi connectivity index (χ3n) is 8.89. The van der Waals surface area contributed by atoms with Crippen LogP contribution in [0.5, 0.6) is 0 Å². The summed E-state index contributed by atoms with van der Waals surface area (Å²) in [4.78, 5) is 50.0. The number of aliphatic hydroxyl groups is 2. The highest BCUT2D eigenvalue weighted by Crippen LogP contribution is 2.65. The zero-order valence-electron chi connectivity index (χ0n) is 22.2. The molecule has 4 aliphatic rings. The lowest BCUT2D eigenvalue weighted by Gasteiger charge is -2.56. The van der Waals surface area contributed by atoms with Crippen LogP contribution in [0.4, 0.5) is 0 Å². The molecule has 206 valence electrons. The molecule has 0 aromatic heterocycles. The summed E-state index contributed by atoms with van der Waals surface area (Å²) in [6.45, 7) is 10.4. The number of hydrogen-bond acceptors (Lipinski definition) is 11. The van der Waals surface area contributed by atoms with E-state index in [1.807, 2.05) is 0 Å². The summed E-state index contributed by atoms with van der Waals surface area (Å²) in [5, 5.41) is 22.3. The molecule has 11 atom stereocenters. The van der Waals surface area contributed by atoms with Crippen molar-refractivity contribution < 1.29 is 53.1 Å². The van der Waals surface area contributed by atoms with E-state index in [1.54, 1.807) is 33.8 Å². The summed E-state index contributed by atoms with van der Waals surface area (Å²) in [6.07, 6.45) is -4.79. The van der Waals surface area contributed by atoms with Gasteiger partial charge >= 0.3 is 23.9 Å². The first-order valence-corrected chi connectivity index (χ1v) is 12.6. The van der Waals surface area contributed by atoms with Gasteiger partial charge in [0.25, 0.3) is 0 Å². The highest BCUT2D eigenvalue weighted by Gasteiger charge is 2.87. The predicted molar refractivity (Wildman–Crippen MR) is 125 cm³/mol. The Balaban J connectivity index is 2.02. The van der Waals surface area contributed by atoms with Gasteiger partial charge in [0, 0.05) is 44.9 Å². The van der Waals surface area contributed by atoms with E-state index >= 15 is 0 Å². The van der Waals surface area contributed by atoms with Crippen molar-refractivity contribution in [3.05, 3.63) is 11.6 Å². The van der Waals surface area contributed by atoms with Crippen LogP contribution in [0, 0.1) is 17.3 Å². The first-order chi connectivity index (χ1) is 17.1. The smallest absolute Gasteiger partial charge is 0.342 e. The van der Waals surface area contributed by atoms with Crippen molar-refractivity contribution in [2.75, 3.05) is 0 Å². The van der Waals surface area contributed by atoms with Crippen LogP contribution in [0.25, 0.3) is 0 Å². The Morgan fingerprint density at radius 1 is 0.973 bits per heavy atom. The molecule has 2 heterocycles. The largest absolute Gasteiger partial charge is 0.462 e. The van der Waals surface area contributed by atoms with E-state index < -0.39 is 89.0 Å². The lowest BCUT2D eigenvalue weighted by Crippen LogP contribution is -2.66. The molecule has 0 aromatic rings. The second kappa shape index (κ2) is 9.06. The average molecular weight is 525 g/mol. The van der Waals surface area contributed by atoms with Gasteiger partial charge in [-0.05, 0) is 31.4 Å². The Morgan fingerprint density at radius 3 is 2.03 bits per heavy atom. The highest BCUT2D eigenvalue weighted by molar-refractivity contribution is 5.89. The van der Waals surface area contributed by atoms with Crippen molar-refractivity contribution in [2.24, 2.45) is 17.3 Å². The van der Waals surface area contributed by atoms with E-state index in [-0.39, 0.29) is 12.8 Å². The van der Waals surface area contributed by atoms with Crippen LogP contribution in [-0.4, -0.2) is 81.9 Å². The molecule has 0 radical (unpaired) electrons. The van der Waals surface area contributed by atoms with Crippen molar-refractivity contribution in [3.63, 3.8) is 0 Å². The van der Waals surface area contributed by atoms with Gasteiger partial charge in [0.1, 0.15) is 18.3 Å². The van der Waals surface area contributed by atoms with Gasteiger partial charge in [0.05, 0.1) is 12.2 Å². The van der Waals surface area contributed by atoms with Crippen LogP contribution in [0.1, 0.15) is 61.3 Å². The highest BCUT2D eigenvalue weighted by atomic mass is 16.7. The monoisotopic (exact) mass is 524 g/mol.